The number of carboxylic acids is 1. The number of carbonyl (C=O) groups excluding carboxylic acids is 1. The minimum Gasteiger partial charge on any atom is -0.495 e. The molecule has 20 heavy (non-hydrogen) atoms. The number of carbonyl (C=O) groups is 2. The Morgan fingerprint density at radius 3 is 2.50 bits per heavy atom. The standard InChI is InChI=1S/C14H18N2O4/c1-20-12-3-2-10(8-11(12)15)13(17)16-6-4-9(5-7-16)14(18)19/h2-3,8-9H,4-7,15H2,1H3,(H,18,19). The summed E-state index contributed by atoms with van der Waals surface area (Å²) in [5.41, 5.74) is 6.70. The number of hydrogen-bond donors (Lipinski definition) is 2. The Morgan fingerprint density at radius 2 is 2.00 bits per heavy atom. The van der Waals surface area contributed by atoms with Gasteiger partial charge in [0.25, 0.3) is 5.91 Å². The van der Waals surface area contributed by atoms with Crippen molar-refractivity contribution >= 4 is 17.6 Å². The summed E-state index contributed by atoms with van der Waals surface area (Å²) in [4.78, 5) is 24.9. The van der Waals surface area contributed by atoms with Gasteiger partial charge in [-0.3, -0.25) is 9.59 Å². The summed E-state index contributed by atoms with van der Waals surface area (Å²) in [5.74, 6) is -0.722. The molecule has 6 nitrogen and oxygen atoms in total. The van der Waals surface area contributed by atoms with Gasteiger partial charge in [-0.05, 0) is 31.0 Å². The van der Waals surface area contributed by atoms with Crippen molar-refractivity contribution in [3.8, 4) is 5.75 Å². The van der Waals surface area contributed by atoms with Gasteiger partial charge in [-0.25, -0.2) is 0 Å². The minimum absolute atomic E-state index is 0.122. The maximum absolute atomic E-state index is 12.3. The zero-order valence-corrected chi connectivity index (χ0v) is 11.3. The van der Waals surface area contributed by atoms with Crippen LogP contribution in [0.1, 0.15) is 23.2 Å². The summed E-state index contributed by atoms with van der Waals surface area (Å²) in [5, 5.41) is 8.94. The number of carboxylic acid groups (broad SMARTS) is 1. The van der Waals surface area contributed by atoms with Gasteiger partial charge in [0.05, 0.1) is 18.7 Å². The Labute approximate surface area is 117 Å². The number of nitrogens with two attached hydrogens (primary N) is 1. The van der Waals surface area contributed by atoms with Gasteiger partial charge in [0, 0.05) is 18.7 Å². The molecule has 1 aliphatic heterocycles. The number of aliphatic carboxylic acids is 1. The highest BCUT2D eigenvalue weighted by Crippen LogP contribution is 2.24. The SMILES string of the molecule is COc1ccc(C(=O)N2CCC(C(=O)O)CC2)cc1N. The first-order valence-corrected chi connectivity index (χ1v) is 6.48. The fourth-order valence-corrected chi connectivity index (χ4v) is 2.38. The number of amides is 1. The second-order valence-corrected chi connectivity index (χ2v) is 4.86. The van der Waals surface area contributed by atoms with Crippen molar-refractivity contribution in [2.75, 3.05) is 25.9 Å². The Morgan fingerprint density at radius 1 is 1.35 bits per heavy atom. The van der Waals surface area contributed by atoms with Crippen molar-refractivity contribution in [1.82, 2.24) is 4.90 Å². The highest BCUT2D eigenvalue weighted by atomic mass is 16.5. The summed E-state index contributed by atoms with van der Waals surface area (Å²) in [7, 11) is 1.52. The number of ether oxygens (including phenoxy) is 1. The summed E-state index contributed by atoms with van der Waals surface area (Å²) < 4.78 is 5.05. The van der Waals surface area contributed by atoms with E-state index in [-0.39, 0.29) is 11.8 Å². The Balaban J connectivity index is 2.05. The number of rotatable bonds is 3. The molecule has 0 radical (unpaired) electrons. The van der Waals surface area contributed by atoms with Gasteiger partial charge in [-0.2, -0.15) is 0 Å². The first-order valence-electron chi connectivity index (χ1n) is 6.48. The topological polar surface area (TPSA) is 92.9 Å². The second kappa shape index (κ2) is 5.81. The molecule has 0 bridgehead atoms. The molecule has 108 valence electrons. The third-order valence-electron chi connectivity index (χ3n) is 3.61. The van der Waals surface area contributed by atoms with Crippen LogP contribution in [0.25, 0.3) is 0 Å². The van der Waals surface area contributed by atoms with E-state index in [4.69, 9.17) is 15.6 Å². The van der Waals surface area contributed by atoms with Crippen molar-refractivity contribution in [3.63, 3.8) is 0 Å². The van der Waals surface area contributed by atoms with Crippen molar-refractivity contribution in [2.24, 2.45) is 5.92 Å². The third-order valence-corrected chi connectivity index (χ3v) is 3.61. The van der Waals surface area contributed by atoms with Crippen LogP contribution >= 0.6 is 0 Å². The van der Waals surface area contributed by atoms with E-state index < -0.39 is 5.97 Å². The van der Waals surface area contributed by atoms with Crippen LogP contribution in [0.5, 0.6) is 5.75 Å². The van der Waals surface area contributed by atoms with Crippen LogP contribution in [0.15, 0.2) is 18.2 Å². The molecule has 1 aromatic rings. The average molecular weight is 278 g/mol. The zero-order valence-electron chi connectivity index (χ0n) is 11.3. The van der Waals surface area contributed by atoms with Crippen molar-refractivity contribution in [3.05, 3.63) is 23.8 Å². The minimum atomic E-state index is -0.786. The first kappa shape index (κ1) is 14.2. The molecule has 1 aliphatic rings. The molecule has 1 fully saturated rings. The largest absolute Gasteiger partial charge is 0.495 e. The van der Waals surface area contributed by atoms with Crippen LogP contribution in [0, 0.1) is 5.92 Å². The number of anilines is 1. The van der Waals surface area contributed by atoms with Crippen molar-refractivity contribution in [1.29, 1.82) is 0 Å². The first-order chi connectivity index (χ1) is 9.52. The number of piperidine rings is 1. The summed E-state index contributed by atoms with van der Waals surface area (Å²) in [6.07, 6.45) is 0.986. The number of nitrogens with zero attached hydrogens (tertiary/aromatic N) is 1. The molecular weight excluding hydrogens is 260 g/mol. The van der Waals surface area contributed by atoms with Crippen LogP contribution in [0.4, 0.5) is 5.69 Å². The molecular formula is C14H18N2O4. The Kier molecular flexibility index (Phi) is 4.12. The third kappa shape index (κ3) is 2.84. The van der Waals surface area contributed by atoms with E-state index in [1.165, 1.54) is 7.11 Å². The predicted molar refractivity (Wildman–Crippen MR) is 73.7 cm³/mol. The van der Waals surface area contributed by atoms with Crippen LogP contribution in [-0.4, -0.2) is 42.1 Å². The van der Waals surface area contributed by atoms with Gasteiger partial charge in [0.2, 0.25) is 0 Å². The summed E-state index contributed by atoms with van der Waals surface area (Å²) >= 11 is 0. The highest BCUT2D eigenvalue weighted by molar-refractivity contribution is 5.95. The fraction of sp³-hybridized carbons (Fsp3) is 0.429. The molecule has 0 spiro atoms. The molecule has 0 aliphatic carbocycles. The Bertz CT molecular complexity index is 522. The van der Waals surface area contributed by atoms with E-state index in [2.05, 4.69) is 0 Å². The van der Waals surface area contributed by atoms with E-state index in [1.54, 1.807) is 23.1 Å². The molecule has 1 saturated heterocycles. The van der Waals surface area contributed by atoms with Crippen LogP contribution in [0.3, 0.4) is 0 Å². The predicted octanol–water partition coefficient (Wildman–Crippen LogP) is 1.21. The smallest absolute Gasteiger partial charge is 0.306 e. The van der Waals surface area contributed by atoms with Gasteiger partial charge in [-0.15, -0.1) is 0 Å². The van der Waals surface area contributed by atoms with Gasteiger partial charge in [-0.1, -0.05) is 0 Å². The maximum atomic E-state index is 12.3. The summed E-state index contributed by atoms with van der Waals surface area (Å²) in [6, 6.07) is 4.91. The van der Waals surface area contributed by atoms with Gasteiger partial charge < -0.3 is 20.5 Å². The van der Waals surface area contributed by atoms with Crippen LogP contribution in [0.2, 0.25) is 0 Å². The van der Waals surface area contributed by atoms with E-state index in [9.17, 15) is 9.59 Å². The normalized spacial score (nSPS) is 15.9. The molecule has 2 rings (SSSR count). The molecule has 1 aromatic carbocycles. The van der Waals surface area contributed by atoms with Gasteiger partial charge >= 0.3 is 5.97 Å². The second-order valence-electron chi connectivity index (χ2n) is 4.86. The number of hydrogen-bond acceptors (Lipinski definition) is 4. The van der Waals surface area contributed by atoms with E-state index in [0.717, 1.165) is 0 Å². The van der Waals surface area contributed by atoms with Crippen LogP contribution in [-0.2, 0) is 4.79 Å². The fourth-order valence-electron chi connectivity index (χ4n) is 2.38. The average Bonchev–Trinajstić information content (AvgIpc) is 2.46. The van der Waals surface area contributed by atoms with E-state index >= 15 is 0 Å². The molecule has 0 unspecified atom stereocenters. The van der Waals surface area contributed by atoms with E-state index in [1.807, 2.05) is 0 Å². The Hall–Kier alpha value is -2.24. The molecule has 1 amide bonds. The number of benzene rings is 1. The zero-order chi connectivity index (χ0) is 14.7. The number of likely N-dealkylation sites (tertiary alicyclic amines) is 1. The van der Waals surface area contributed by atoms with Gasteiger partial charge in [0.15, 0.2) is 0 Å². The highest BCUT2D eigenvalue weighted by Gasteiger charge is 2.27. The monoisotopic (exact) mass is 278 g/mol. The lowest BCUT2D eigenvalue weighted by Crippen LogP contribution is -2.40. The lowest BCUT2D eigenvalue weighted by Gasteiger charge is -2.30. The lowest BCUT2D eigenvalue weighted by molar-refractivity contribution is -0.143. The molecule has 0 atom stereocenters. The number of methoxy groups -OCH3 is 1. The maximum Gasteiger partial charge on any atom is 0.306 e. The van der Waals surface area contributed by atoms with Crippen molar-refractivity contribution < 1.29 is 19.4 Å². The van der Waals surface area contributed by atoms with Gasteiger partial charge in [0.1, 0.15) is 5.75 Å². The van der Waals surface area contributed by atoms with Crippen LogP contribution < -0.4 is 10.5 Å². The molecule has 3 N–H and O–H groups in total. The summed E-state index contributed by atoms with van der Waals surface area (Å²) in [6.45, 7) is 0.920. The molecule has 0 saturated carbocycles. The quantitative estimate of drug-likeness (QED) is 0.811. The molecule has 0 aromatic heterocycles. The molecule has 1 heterocycles. The lowest BCUT2D eigenvalue weighted by atomic mass is 9.96. The van der Waals surface area contributed by atoms with E-state index in [0.29, 0.717) is 42.9 Å². The number of nitrogen functional groups attached to an aromatic ring is 1. The molecule has 6 heteroatoms. The van der Waals surface area contributed by atoms with Crippen molar-refractivity contribution in [2.45, 2.75) is 12.8 Å².